The van der Waals surface area contributed by atoms with Crippen molar-refractivity contribution in [3.63, 3.8) is 0 Å². The Morgan fingerprint density at radius 1 is 1.12 bits per heavy atom. The summed E-state index contributed by atoms with van der Waals surface area (Å²) in [6.07, 6.45) is -0.649. The number of sulfonamides is 1. The fourth-order valence-corrected chi connectivity index (χ4v) is 5.93. The Morgan fingerprint density at radius 2 is 1.74 bits per heavy atom. The predicted octanol–water partition coefficient (Wildman–Crippen LogP) is 4.53. The number of carbonyl (C=O) groups is 2. The van der Waals surface area contributed by atoms with Crippen molar-refractivity contribution in [2.75, 3.05) is 44.5 Å². The van der Waals surface area contributed by atoms with Crippen LogP contribution in [-0.4, -0.2) is 80.7 Å². The molecule has 4 rings (SSSR count). The predicted molar refractivity (Wildman–Crippen MR) is 165 cm³/mol. The maximum Gasteiger partial charge on any atom is 0.323 e. The van der Waals surface area contributed by atoms with E-state index in [1.165, 1.54) is 46.6 Å². The summed E-state index contributed by atoms with van der Waals surface area (Å²) in [5, 5.41) is 15.8. The molecule has 0 saturated carbocycles. The number of ether oxygens (including phenoxy) is 2. The van der Waals surface area contributed by atoms with Crippen molar-refractivity contribution in [3.8, 4) is 11.5 Å². The van der Waals surface area contributed by atoms with Crippen LogP contribution in [0.2, 0.25) is 5.02 Å². The van der Waals surface area contributed by atoms with Gasteiger partial charge >= 0.3 is 6.03 Å². The molecule has 1 aliphatic heterocycles. The minimum Gasteiger partial charge on any atom is -0.497 e. The lowest BCUT2D eigenvalue weighted by Gasteiger charge is -2.38. The van der Waals surface area contributed by atoms with E-state index >= 15 is 0 Å². The maximum absolute atomic E-state index is 13.7. The number of halogens is 1. The first kappa shape index (κ1) is 32.1. The third-order valence-electron chi connectivity index (χ3n) is 7.23. The van der Waals surface area contributed by atoms with Gasteiger partial charge in [0.1, 0.15) is 17.6 Å². The maximum atomic E-state index is 13.7. The highest BCUT2D eigenvalue weighted by Crippen LogP contribution is 2.31. The third-order valence-corrected chi connectivity index (χ3v) is 9.32. The van der Waals surface area contributed by atoms with Crippen LogP contribution in [0.3, 0.4) is 0 Å². The van der Waals surface area contributed by atoms with Crippen molar-refractivity contribution in [1.82, 2.24) is 9.21 Å². The number of amides is 3. The van der Waals surface area contributed by atoms with Gasteiger partial charge in [-0.2, -0.15) is 4.31 Å². The molecule has 0 radical (unpaired) electrons. The molecule has 0 saturated heterocycles. The molecule has 0 bridgehead atoms. The highest BCUT2D eigenvalue weighted by atomic mass is 35.5. The molecule has 1 aliphatic rings. The van der Waals surface area contributed by atoms with Crippen molar-refractivity contribution in [3.05, 3.63) is 77.3 Å². The molecule has 0 unspecified atom stereocenters. The van der Waals surface area contributed by atoms with Gasteiger partial charge in [0.25, 0.3) is 5.91 Å². The van der Waals surface area contributed by atoms with Gasteiger partial charge in [-0.1, -0.05) is 18.5 Å². The summed E-state index contributed by atoms with van der Waals surface area (Å²) in [6, 6.07) is 16.3. The van der Waals surface area contributed by atoms with Gasteiger partial charge in [0.05, 0.1) is 36.8 Å². The van der Waals surface area contributed by atoms with E-state index in [1.807, 2.05) is 6.92 Å². The zero-order valence-corrected chi connectivity index (χ0v) is 25.9. The second-order valence-corrected chi connectivity index (χ2v) is 12.9. The number of carbonyl (C=O) groups excluding carboxylic acids is 2. The van der Waals surface area contributed by atoms with Gasteiger partial charge in [-0.3, -0.25) is 4.79 Å². The first-order valence-corrected chi connectivity index (χ1v) is 15.4. The zero-order chi connectivity index (χ0) is 31.3. The fraction of sp³-hybridized carbons (Fsp3) is 0.333. The molecular formula is C30H35ClN4O7S. The number of methoxy groups -OCH3 is 1. The summed E-state index contributed by atoms with van der Waals surface area (Å²) in [5.41, 5.74) is 1.05. The largest absolute Gasteiger partial charge is 0.497 e. The van der Waals surface area contributed by atoms with Crippen molar-refractivity contribution >= 4 is 44.9 Å². The quantitative estimate of drug-likeness (QED) is 0.316. The van der Waals surface area contributed by atoms with E-state index in [9.17, 15) is 23.1 Å². The minimum atomic E-state index is -3.86. The number of anilines is 2. The second kappa shape index (κ2) is 13.6. The number of nitrogens with zero attached hydrogens (tertiary/aromatic N) is 2. The normalized spacial score (nSPS) is 17.7. The monoisotopic (exact) mass is 630 g/mol. The summed E-state index contributed by atoms with van der Waals surface area (Å²) in [7, 11) is -0.845. The van der Waals surface area contributed by atoms with E-state index in [2.05, 4.69) is 10.6 Å². The Labute approximate surface area is 256 Å². The number of hydrogen-bond acceptors (Lipinski definition) is 7. The van der Waals surface area contributed by atoms with Crippen molar-refractivity contribution in [2.24, 2.45) is 5.92 Å². The number of hydrogen-bond donors (Lipinski definition) is 3. The molecule has 0 aromatic heterocycles. The molecule has 3 aromatic rings. The van der Waals surface area contributed by atoms with Crippen LogP contribution in [0.5, 0.6) is 11.5 Å². The number of rotatable bonds is 9. The number of aliphatic hydroxyl groups is 1. The molecular weight excluding hydrogens is 596 g/mol. The Hall–Kier alpha value is -3.84. The minimum absolute atomic E-state index is 0.00856. The van der Waals surface area contributed by atoms with Crippen LogP contribution in [0.25, 0.3) is 0 Å². The van der Waals surface area contributed by atoms with E-state index < -0.39 is 28.2 Å². The van der Waals surface area contributed by atoms with Crippen LogP contribution in [0.1, 0.15) is 24.2 Å². The SMILES string of the molecule is COc1ccc(NC(=O)Nc2ccc3c(c2)C(=O)N([C@@H](C)CO)C[C@@H](C)[C@H](CN(C)S(=O)(=O)c2ccc(Cl)cc2)O3)cc1. The van der Waals surface area contributed by atoms with Gasteiger partial charge < -0.3 is 30.1 Å². The summed E-state index contributed by atoms with van der Waals surface area (Å²) >= 11 is 5.94. The van der Waals surface area contributed by atoms with Gasteiger partial charge in [0.15, 0.2) is 0 Å². The summed E-state index contributed by atoms with van der Waals surface area (Å²) in [4.78, 5) is 28.0. The molecule has 0 fully saturated rings. The van der Waals surface area contributed by atoms with Gasteiger partial charge in [-0.25, -0.2) is 13.2 Å². The third kappa shape index (κ3) is 7.57. The standard InChI is InChI=1S/C30H35ClN4O7S/c1-19-16-35(20(2)18-36)29(37)26-15-23(33-30(38)32-22-7-10-24(41-4)11-8-22)9-14-27(26)42-28(19)17-34(3)43(39,40)25-12-5-21(31)6-13-25/h5-15,19-20,28,36H,16-18H2,1-4H3,(H2,32,33,38)/t19-,20+,28+/m1/s1. The second-order valence-electron chi connectivity index (χ2n) is 10.4. The van der Waals surface area contributed by atoms with E-state index in [0.29, 0.717) is 22.1 Å². The summed E-state index contributed by atoms with van der Waals surface area (Å²) in [5.74, 6) is 0.189. The Bertz CT molecular complexity index is 1550. The topological polar surface area (TPSA) is 138 Å². The smallest absolute Gasteiger partial charge is 0.323 e. The first-order valence-electron chi connectivity index (χ1n) is 13.6. The number of nitrogens with one attached hydrogen (secondary N) is 2. The summed E-state index contributed by atoms with van der Waals surface area (Å²) < 4.78 is 39.2. The molecule has 3 atom stereocenters. The van der Waals surface area contributed by atoms with Gasteiger partial charge in [0, 0.05) is 35.9 Å². The van der Waals surface area contributed by atoms with Gasteiger partial charge in [0.2, 0.25) is 10.0 Å². The molecule has 230 valence electrons. The van der Waals surface area contributed by atoms with Crippen LogP contribution in [-0.2, 0) is 10.0 Å². The van der Waals surface area contributed by atoms with Crippen molar-refractivity contribution in [2.45, 2.75) is 30.9 Å². The Balaban J connectivity index is 1.59. The molecule has 3 aromatic carbocycles. The van der Waals surface area contributed by atoms with Crippen molar-refractivity contribution < 1.29 is 32.6 Å². The number of likely N-dealkylation sites (N-methyl/N-ethyl adjacent to an activating group) is 1. The Morgan fingerprint density at radius 3 is 2.37 bits per heavy atom. The fourth-order valence-electron chi connectivity index (χ4n) is 4.62. The molecule has 3 amide bonds. The lowest BCUT2D eigenvalue weighted by atomic mass is 9.99. The lowest BCUT2D eigenvalue weighted by Crippen LogP contribution is -2.50. The van der Waals surface area contributed by atoms with E-state index in [-0.39, 0.29) is 47.7 Å². The van der Waals surface area contributed by atoms with Gasteiger partial charge in [-0.15, -0.1) is 0 Å². The lowest BCUT2D eigenvalue weighted by molar-refractivity contribution is 0.0387. The Kier molecular flexibility index (Phi) is 10.2. The van der Waals surface area contributed by atoms with Crippen LogP contribution in [0.15, 0.2) is 71.6 Å². The number of fused-ring (bicyclic) bond motifs is 1. The van der Waals surface area contributed by atoms with E-state index in [0.717, 1.165) is 0 Å². The molecule has 1 heterocycles. The molecule has 13 heteroatoms. The molecule has 0 aliphatic carbocycles. The van der Waals surface area contributed by atoms with E-state index in [4.69, 9.17) is 21.1 Å². The average Bonchev–Trinajstić information content (AvgIpc) is 2.99. The van der Waals surface area contributed by atoms with Crippen LogP contribution in [0, 0.1) is 5.92 Å². The van der Waals surface area contributed by atoms with E-state index in [1.54, 1.807) is 50.4 Å². The molecule has 0 spiro atoms. The highest BCUT2D eigenvalue weighted by molar-refractivity contribution is 7.89. The average molecular weight is 631 g/mol. The first-order chi connectivity index (χ1) is 20.4. The zero-order valence-electron chi connectivity index (χ0n) is 24.3. The molecule has 11 nitrogen and oxygen atoms in total. The number of urea groups is 1. The molecule has 43 heavy (non-hydrogen) atoms. The van der Waals surface area contributed by atoms with Crippen LogP contribution >= 0.6 is 11.6 Å². The van der Waals surface area contributed by atoms with Gasteiger partial charge in [-0.05, 0) is 73.7 Å². The molecule has 3 N–H and O–H groups in total. The highest BCUT2D eigenvalue weighted by Gasteiger charge is 2.35. The number of benzene rings is 3. The van der Waals surface area contributed by atoms with Crippen molar-refractivity contribution in [1.29, 1.82) is 0 Å². The van der Waals surface area contributed by atoms with Crippen LogP contribution < -0.4 is 20.1 Å². The number of aliphatic hydroxyl groups excluding tert-OH is 1. The summed E-state index contributed by atoms with van der Waals surface area (Å²) in [6.45, 7) is 3.51. The van der Waals surface area contributed by atoms with Crippen LogP contribution in [0.4, 0.5) is 16.2 Å².